The second kappa shape index (κ2) is 9.93. The summed E-state index contributed by atoms with van der Waals surface area (Å²) in [6.45, 7) is 4.68. The molecule has 3 aromatic rings. The fourth-order valence-corrected chi connectivity index (χ4v) is 3.96. The molecule has 164 valence electrons. The van der Waals surface area contributed by atoms with E-state index < -0.39 is 0 Å². The van der Waals surface area contributed by atoms with Crippen molar-refractivity contribution in [1.29, 1.82) is 0 Å². The summed E-state index contributed by atoms with van der Waals surface area (Å²) in [5.41, 5.74) is 3.02. The summed E-state index contributed by atoms with van der Waals surface area (Å²) in [7, 11) is 1.68. The maximum Gasteiger partial charge on any atom is 0.350 e. The molecule has 0 saturated carbocycles. The smallest absolute Gasteiger partial charge is 0.350 e. The Morgan fingerprint density at radius 3 is 2.00 bits per heavy atom. The van der Waals surface area contributed by atoms with Crippen molar-refractivity contribution in [2.75, 3.05) is 56.0 Å². The Kier molecular flexibility index (Phi) is 6.83. The second-order valence-electron chi connectivity index (χ2n) is 7.18. The molecule has 4 rings (SSSR count). The van der Waals surface area contributed by atoms with Crippen LogP contribution in [-0.4, -0.2) is 60.5 Å². The lowest BCUT2D eigenvalue weighted by molar-refractivity contribution is 0.336. The molecule has 1 aliphatic heterocycles. The zero-order chi connectivity index (χ0) is 21.6. The van der Waals surface area contributed by atoms with Crippen LogP contribution < -0.4 is 20.2 Å². The summed E-state index contributed by atoms with van der Waals surface area (Å²) < 4.78 is 13.5. The van der Waals surface area contributed by atoms with E-state index in [1.165, 1.54) is 22.4 Å². The third-order valence-corrected chi connectivity index (χ3v) is 5.85. The molecule has 1 fully saturated rings. The number of hydrogen-bond acceptors (Lipinski definition) is 7. The second-order valence-corrected chi connectivity index (χ2v) is 7.75. The lowest BCUT2D eigenvalue weighted by Crippen LogP contribution is -2.46. The quantitative estimate of drug-likeness (QED) is 0.393. The molecule has 0 radical (unpaired) electrons. The number of methoxy groups -OCH3 is 1. The summed E-state index contributed by atoms with van der Waals surface area (Å²) in [6.07, 6.45) is 3.41. The molecule has 1 saturated heterocycles. The minimum Gasteiger partial charge on any atom is -0.497 e. The fraction of sp³-hybridized carbons (Fsp3) is 0.364. The van der Waals surface area contributed by atoms with Crippen molar-refractivity contribution in [3.8, 4) is 11.4 Å². The minimum atomic E-state index is -0.162. The normalized spacial score (nSPS) is 14.1. The van der Waals surface area contributed by atoms with Gasteiger partial charge in [-0.15, -0.1) is 0 Å². The van der Waals surface area contributed by atoms with Gasteiger partial charge in [0.25, 0.3) is 0 Å². The van der Waals surface area contributed by atoms with Gasteiger partial charge < -0.3 is 18.7 Å². The molecule has 0 amide bonds. The Morgan fingerprint density at radius 1 is 0.903 bits per heavy atom. The zero-order valence-electron chi connectivity index (χ0n) is 17.8. The highest BCUT2D eigenvalue weighted by molar-refractivity contribution is 7.93. The first-order valence-corrected chi connectivity index (χ1v) is 11.4. The standard InChI is InChI=1S/C22H27N5O3S/c1-29-21-9-7-19(8-10-21)25-13-11-24(12-14-25)18-3-5-20(6-4-18)26-17-23-27(22(26)28)15-16-30-31-2/h3-10,17H,11-16H2,1-2H3. The highest BCUT2D eigenvalue weighted by Gasteiger charge is 2.18. The molecule has 31 heavy (non-hydrogen) atoms. The van der Waals surface area contributed by atoms with Crippen molar-refractivity contribution < 1.29 is 8.92 Å². The van der Waals surface area contributed by atoms with Gasteiger partial charge >= 0.3 is 5.69 Å². The van der Waals surface area contributed by atoms with Crippen LogP contribution in [0.5, 0.6) is 5.75 Å². The van der Waals surface area contributed by atoms with Gasteiger partial charge in [0.2, 0.25) is 0 Å². The third-order valence-electron chi connectivity index (χ3n) is 5.45. The Hall–Kier alpha value is -2.91. The van der Waals surface area contributed by atoms with Crippen LogP contribution in [-0.2, 0) is 10.7 Å². The summed E-state index contributed by atoms with van der Waals surface area (Å²) in [4.78, 5) is 17.3. The molecule has 0 unspecified atom stereocenters. The first-order valence-electron chi connectivity index (χ1n) is 10.2. The molecule has 1 aliphatic rings. The summed E-state index contributed by atoms with van der Waals surface area (Å²) >= 11 is 1.28. The van der Waals surface area contributed by atoms with Crippen molar-refractivity contribution in [2.24, 2.45) is 0 Å². The molecule has 2 aromatic carbocycles. The van der Waals surface area contributed by atoms with E-state index >= 15 is 0 Å². The fourth-order valence-electron chi connectivity index (χ4n) is 3.71. The van der Waals surface area contributed by atoms with E-state index in [0.717, 1.165) is 43.3 Å². The SMILES string of the molecule is COc1ccc(N2CCN(c3ccc(-n4cnn(CCOSC)c4=O)cc3)CC2)cc1. The Balaban J connectivity index is 1.37. The Labute approximate surface area is 186 Å². The lowest BCUT2D eigenvalue weighted by Gasteiger charge is -2.37. The van der Waals surface area contributed by atoms with E-state index in [4.69, 9.17) is 8.92 Å². The van der Waals surface area contributed by atoms with Crippen LogP contribution >= 0.6 is 12.0 Å². The van der Waals surface area contributed by atoms with Gasteiger partial charge in [0.1, 0.15) is 12.1 Å². The van der Waals surface area contributed by atoms with Crippen LogP contribution in [0.25, 0.3) is 5.69 Å². The van der Waals surface area contributed by atoms with Gasteiger partial charge in [0.15, 0.2) is 0 Å². The molecule has 9 heteroatoms. The van der Waals surface area contributed by atoms with Gasteiger partial charge in [0, 0.05) is 43.8 Å². The van der Waals surface area contributed by atoms with Crippen LogP contribution in [0.1, 0.15) is 0 Å². The number of rotatable bonds is 8. The Bertz CT molecular complexity index is 1020. The first-order chi connectivity index (χ1) is 15.2. The van der Waals surface area contributed by atoms with Crippen molar-refractivity contribution >= 4 is 23.4 Å². The number of aromatic nitrogens is 3. The molecule has 0 N–H and O–H groups in total. The van der Waals surface area contributed by atoms with Gasteiger partial charge in [-0.05, 0) is 60.6 Å². The highest BCUT2D eigenvalue weighted by Crippen LogP contribution is 2.23. The van der Waals surface area contributed by atoms with Gasteiger partial charge in [-0.1, -0.05) is 0 Å². The van der Waals surface area contributed by atoms with Crippen molar-refractivity contribution in [3.63, 3.8) is 0 Å². The number of piperazine rings is 1. The van der Waals surface area contributed by atoms with E-state index in [9.17, 15) is 4.79 Å². The number of benzene rings is 2. The van der Waals surface area contributed by atoms with E-state index in [2.05, 4.69) is 39.2 Å². The average Bonchev–Trinajstić information content (AvgIpc) is 3.20. The molecule has 1 aromatic heterocycles. The van der Waals surface area contributed by atoms with Gasteiger partial charge in [0.05, 0.1) is 25.9 Å². The van der Waals surface area contributed by atoms with Gasteiger partial charge in [-0.2, -0.15) is 5.10 Å². The maximum atomic E-state index is 12.5. The first kappa shape index (κ1) is 21.3. The van der Waals surface area contributed by atoms with Crippen molar-refractivity contribution in [2.45, 2.75) is 6.54 Å². The van der Waals surface area contributed by atoms with Crippen LogP contribution in [0.2, 0.25) is 0 Å². The lowest BCUT2D eigenvalue weighted by atomic mass is 10.2. The molecular weight excluding hydrogens is 414 g/mol. The number of ether oxygens (including phenoxy) is 1. The highest BCUT2D eigenvalue weighted by atomic mass is 32.2. The minimum absolute atomic E-state index is 0.162. The van der Waals surface area contributed by atoms with E-state index in [-0.39, 0.29) is 5.69 Å². The summed E-state index contributed by atoms with van der Waals surface area (Å²) in [6, 6.07) is 16.3. The molecule has 0 spiro atoms. The largest absolute Gasteiger partial charge is 0.497 e. The monoisotopic (exact) mass is 441 g/mol. The molecule has 0 bridgehead atoms. The number of anilines is 2. The van der Waals surface area contributed by atoms with Gasteiger partial charge in [-0.3, -0.25) is 0 Å². The van der Waals surface area contributed by atoms with Crippen LogP contribution in [0, 0.1) is 0 Å². The van der Waals surface area contributed by atoms with Gasteiger partial charge in [-0.25, -0.2) is 14.0 Å². The molecule has 0 aliphatic carbocycles. The van der Waals surface area contributed by atoms with E-state index in [1.807, 2.05) is 30.5 Å². The van der Waals surface area contributed by atoms with Crippen molar-refractivity contribution in [1.82, 2.24) is 14.3 Å². The average molecular weight is 442 g/mol. The topological polar surface area (TPSA) is 64.8 Å². The predicted molar refractivity (Wildman–Crippen MR) is 125 cm³/mol. The van der Waals surface area contributed by atoms with Crippen LogP contribution in [0.15, 0.2) is 59.7 Å². The molecule has 2 heterocycles. The molecular formula is C22H27N5O3S. The number of nitrogens with zero attached hydrogens (tertiary/aromatic N) is 5. The maximum absolute atomic E-state index is 12.5. The summed E-state index contributed by atoms with van der Waals surface area (Å²) in [5.74, 6) is 0.875. The van der Waals surface area contributed by atoms with E-state index in [1.54, 1.807) is 18.0 Å². The number of hydrogen-bond donors (Lipinski definition) is 0. The predicted octanol–water partition coefficient (Wildman–Crippen LogP) is 2.66. The third kappa shape index (κ3) is 4.88. The van der Waals surface area contributed by atoms with Crippen molar-refractivity contribution in [3.05, 3.63) is 65.3 Å². The van der Waals surface area contributed by atoms with E-state index in [0.29, 0.717) is 13.2 Å². The van der Waals surface area contributed by atoms with Crippen LogP contribution in [0.3, 0.4) is 0 Å². The molecule has 0 atom stereocenters. The Morgan fingerprint density at radius 2 is 1.45 bits per heavy atom. The van der Waals surface area contributed by atoms with Crippen LogP contribution in [0.4, 0.5) is 11.4 Å². The summed E-state index contributed by atoms with van der Waals surface area (Å²) in [5, 5.41) is 4.18. The molecule has 8 nitrogen and oxygen atoms in total. The zero-order valence-corrected chi connectivity index (χ0v) is 18.6.